The molecule has 142 valence electrons. The molecule has 0 saturated heterocycles. The van der Waals surface area contributed by atoms with Crippen LogP contribution < -0.4 is 11.1 Å². The first kappa shape index (κ1) is 22.1. The molecule has 0 bridgehead atoms. The van der Waals surface area contributed by atoms with Crippen molar-refractivity contribution in [1.82, 2.24) is 10.2 Å². The van der Waals surface area contributed by atoms with E-state index in [1.54, 1.807) is 23.1 Å². The second-order valence-electron chi connectivity index (χ2n) is 5.84. The maximum Gasteiger partial charge on any atom is 0.242 e. The lowest BCUT2D eigenvalue weighted by Crippen LogP contribution is -2.44. The van der Waals surface area contributed by atoms with Crippen molar-refractivity contribution < 1.29 is 14.0 Å². The third kappa shape index (κ3) is 5.79. The first-order chi connectivity index (χ1) is 11.9. The van der Waals surface area contributed by atoms with E-state index in [4.69, 9.17) is 5.73 Å². The van der Waals surface area contributed by atoms with Crippen LogP contribution in [-0.4, -0.2) is 35.8 Å². The molecule has 26 heavy (non-hydrogen) atoms. The lowest BCUT2D eigenvalue weighted by Gasteiger charge is -2.26. The van der Waals surface area contributed by atoms with E-state index in [1.165, 1.54) is 17.4 Å². The van der Waals surface area contributed by atoms with Gasteiger partial charge in [0.2, 0.25) is 11.8 Å². The third-order valence-electron chi connectivity index (χ3n) is 3.69. The molecular formula is C18H23ClFN3O2S. The molecule has 0 spiro atoms. The van der Waals surface area contributed by atoms with Crippen molar-refractivity contribution in [3.05, 3.63) is 47.1 Å². The maximum atomic E-state index is 13.9. The van der Waals surface area contributed by atoms with Crippen LogP contribution in [0.15, 0.2) is 36.4 Å². The number of amides is 2. The largest absolute Gasteiger partial charge is 0.346 e. The summed E-state index contributed by atoms with van der Waals surface area (Å²) < 4.78 is 13.9. The second-order valence-corrected chi connectivity index (χ2v) is 7.01. The summed E-state index contributed by atoms with van der Waals surface area (Å²) in [5, 5.41) is 2.49. The van der Waals surface area contributed by atoms with Crippen molar-refractivity contribution in [1.29, 1.82) is 0 Å². The molecule has 0 aliphatic rings. The van der Waals surface area contributed by atoms with Crippen molar-refractivity contribution in [2.24, 2.45) is 5.73 Å². The lowest BCUT2D eigenvalue weighted by atomic mass is 10.2. The SMILES string of the molecule is CC(C)N(Cc1ccc(-c2ccccc2F)s1)C(=O)CNC(=O)CN.Cl. The molecule has 3 N–H and O–H groups in total. The summed E-state index contributed by atoms with van der Waals surface area (Å²) in [5.41, 5.74) is 5.77. The highest BCUT2D eigenvalue weighted by Crippen LogP contribution is 2.30. The molecule has 0 saturated carbocycles. The molecule has 0 atom stereocenters. The number of nitrogens with zero attached hydrogens (tertiary/aromatic N) is 1. The van der Waals surface area contributed by atoms with Gasteiger partial charge in [-0.15, -0.1) is 23.7 Å². The summed E-state index contributed by atoms with van der Waals surface area (Å²) in [6, 6.07) is 10.3. The minimum Gasteiger partial charge on any atom is -0.346 e. The molecule has 2 aromatic rings. The fourth-order valence-corrected chi connectivity index (χ4v) is 3.38. The van der Waals surface area contributed by atoms with Gasteiger partial charge in [0.05, 0.1) is 19.6 Å². The van der Waals surface area contributed by atoms with Gasteiger partial charge in [-0.05, 0) is 32.0 Å². The van der Waals surface area contributed by atoms with E-state index in [9.17, 15) is 14.0 Å². The van der Waals surface area contributed by atoms with Gasteiger partial charge in [-0.1, -0.05) is 18.2 Å². The Labute approximate surface area is 162 Å². The highest BCUT2D eigenvalue weighted by molar-refractivity contribution is 7.15. The molecular weight excluding hydrogens is 377 g/mol. The summed E-state index contributed by atoms with van der Waals surface area (Å²) in [7, 11) is 0. The Hall–Kier alpha value is -1.96. The average Bonchev–Trinajstić information content (AvgIpc) is 3.05. The summed E-state index contributed by atoms with van der Waals surface area (Å²) in [6.45, 7) is 4.00. The number of nitrogens with two attached hydrogens (primary N) is 1. The number of carbonyl (C=O) groups is 2. The van der Waals surface area contributed by atoms with Gasteiger partial charge in [-0.25, -0.2) is 4.39 Å². The first-order valence-corrected chi connectivity index (χ1v) is 8.84. The van der Waals surface area contributed by atoms with Gasteiger partial charge in [0, 0.05) is 21.4 Å². The van der Waals surface area contributed by atoms with E-state index in [0.717, 1.165) is 9.75 Å². The van der Waals surface area contributed by atoms with Crippen LogP contribution in [-0.2, 0) is 16.1 Å². The fraction of sp³-hybridized carbons (Fsp3) is 0.333. The smallest absolute Gasteiger partial charge is 0.242 e. The van der Waals surface area contributed by atoms with Crippen molar-refractivity contribution in [3.8, 4) is 10.4 Å². The maximum absolute atomic E-state index is 13.9. The zero-order valence-electron chi connectivity index (χ0n) is 14.7. The Kier molecular flexibility index (Phi) is 8.71. The molecule has 0 aliphatic carbocycles. The van der Waals surface area contributed by atoms with Crippen LogP contribution in [0.1, 0.15) is 18.7 Å². The zero-order chi connectivity index (χ0) is 18.4. The number of thiophene rings is 1. The summed E-state index contributed by atoms with van der Waals surface area (Å²) in [5.74, 6) is -0.815. The van der Waals surface area contributed by atoms with Gasteiger partial charge < -0.3 is 16.0 Å². The summed E-state index contributed by atoms with van der Waals surface area (Å²) in [4.78, 5) is 27.0. The lowest BCUT2D eigenvalue weighted by molar-refractivity contribution is -0.134. The number of hydrogen-bond donors (Lipinski definition) is 2. The van der Waals surface area contributed by atoms with Crippen LogP contribution in [0.4, 0.5) is 4.39 Å². The third-order valence-corrected chi connectivity index (χ3v) is 4.80. The molecule has 8 heteroatoms. The Bertz CT molecular complexity index is 752. The summed E-state index contributed by atoms with van der Waals surface area (Å²) >= 11 is 1.45. The topological polar surface area (TPSA) is 75.4 Å². The van der Waals surface area contributed by atoms with Gasteiger partial charge in [-0.3, -0.25) is 9.59 Å². The minimum atomic E-state index is -0.366. The number of benzene rings is 1. The summed E-state index contributed by atoms with van der Waals surface area (Å²) in [6.07, 6.45) is 0. The van der Waals surface area contributed by atoms with Gasteiger partial charge in [0.25, 0.3) is 0 Å². The van der Waals surface area contributed by atoms with Crippen molar-refractivity contribution >= 4 is 35.6 Å². The molecule has 0 aliphatic heterocycles. The molecule has 5 nitrogen and oxygen atoms in total. The predicted molar refractivity (Wildman–Crippen MR) is 105 cm³/mol. The van der Waals surface area contributed by atoms with Crippen LogP contribution in [0.3, 0.4) is 0 Å². The molecule has 2 rings (SSSR count). The predicted octanol–water partition coefficient (Wildman–Crippen LogP) is 2.79. The van der Waals surface area contributed by atoms with Crippen molar-refractivity contribution in [2.45, 2.75) is 26.4 Å². The Morgan fingerprint density at radius 1 is 1.23 bits per heavy atom. The van der Waals surface area contributed by atoms with E-state index >= 15 is 0 Å². The molecule has 1 aromatic carbocycles. The molecule has 1 heterocycles. The molecule has 2 amide bonds. The quantitative estimate of drug-likeness (QED) is 0.751. The van der Waals surface area contributed by atoms with Crippen LogP contribution in [0.5, 0.6) is 0 Å². The first-order valence-electron chi connectivity index (χ1n) is 8.02. The average molecular weight is 400 g/mol. The van der Waals surface area contributed by atoms with Gasteiger partial charge in [0.15, 0.2) is 0 Å². The minimum absolute atomic E-state index is 0. The highest BCUT2D eigenvalue weighted by atomic mass is 35.5. The number of rotatable bonds is 7. The Morgan fingerprint density at radius 2 is 1.92 bits per heavy atom. The Balaban J connectivity index is 0.00000338. The Morgan fingerprint density at radius 3 is 2.54 bits per heavy atom. The van der Waals surface area contributed by atoms with Gasteiger partial charge in [0.1, 0.15) is 5.82 Å². The van der Waals surface area contributed by atoms with Crippen LogP contribution in [0, 0.1) is 5.82 Å². The number of nitrogens with one attached hydrogen (secondary N) is 1. The molecule has 0 unspecified atom stereocenters. The molecule has 0 radical (unpaired) electrons. The van der Waals surface area contributed by atoms with Crippen LogP contribution in [0.2, 0.25) is 0 Å². The van der Waals surface area contributed by atoms with E-state index in [0.29, 0.717) is 12.1 Å². The normalized spacial score (nSPS) is 10.3. The zero-order valence-corrected chi connectivity index (χ0v) is 16.3. The van der Waals surface area contributed by atoms with Crippen LogP contribution in [0.25, 0.3) is 10.4 Å². The van der Waals surface area contributed by atoms with Crippen LogP contribution >= 0.6 is 23.7 Å². The number of carbonyl (C=O) groups excluding carboxylic acids is 2. The van der Waals surface area contributed by atoms with Gasteiger partial charge in [-0.2, -0.15) is 0 Å². The fourth-order valence-electron chi connectivity index (χ4n) is 2.34. The van der Waals surface area contributed by atoms with Crippen molar-refractivity contribution in [3.63, 3.8) is 0 Å². The molecule has 0 fully saturated rings. The number of halogens is 2. The van der Waals surface area contributed by atoms with E-state index in [2.05, 4.69) is 5.32 Å². The van der Waals surface area contributed by atoms with E-state index < -0.39 is 0 Å². The second kappa shape index (κ2) is 10.3. The highest BCUT2D eigenvalue weighted by Gasteiger charge is 2.19. The van der Waals surface area contributed by atoms with Gasteiger partial charge >= 0.3 is 0 Å². The standard InChI is InChI=1S/C18H22FN3O2S.ClH/c1-12(2)22(18(24)10-21-17(23)9-20)11-13-7-8-16(25-13)14-5-3-4-6-15(14)19;/h3-8,12H,9-11,20H2,1-2H3,(H,21,23);1H. The van der Waals surface area contributed by atoms with E-state index in [1.807, 2.05) is 26.0 Å². The molecule has 1 aromatic heterocycles. The van der Waals surface area contributed by atoms with Crippen molar-refractivity contribution in [2.75, 3.05) is 13.1 Å². The number of hydrogen-bond acceptors (Lipinski definition) is 4. The van der Waals surface area contributed by atoms with E-state index in [-0.39, 0.29) is 49.2 Å². The monoisotopic (exact) mass is 399 g/mol.